The Hall–Kier alpha value is -1.49. The number of ether oxygens (including phenoxy) is 1. The van der Waals surface area contributed by atoms with Crippen LogP contribution >= 0.6 is 0 Å². The highest BCUT2D eigenvalue weighted by atomic mass is 16.6. The van der Waals surface area contributed by atoms with E-state index in [1.165, 1.54) is 0 Å². The normalized spacial score (nSPS) is 11.7. The highest BCUT2D eigenvalue weighted by Crippen LogP contribution is 2.11. The van der Waals surface area contributed by atoms with Gasteiger partial charge in [-0.3, -0.25) is 0 Å². The maximum absolute atomic E-state index is 12.1. The van der Waals surface area contributed by atoms with E-state index in [9.17, 15) is 4.79 Å². The molecule has 0 aliphatic carbocycles. The Bertz CT molecular complexity index is 394. The molecule has 1 heterocycles. The summed E-state index contributed by atoms with van der Waals surface area (Å²) in [4.78, 5) is 17.0. The zero-order chi connectivity index (χ0) is 15.2. The van der Waals surface area contributed by atoms with Crippen molar-refractivity contribution in [3.63, 3.8) is 0 Å². The number of rotatable bonds is 6. The number of aromatic amines is 1. The van der Waals surface area contributed by atoms with E-state index in [2.05, 4.69) is 10.3 Å². The number of nitrogens with zero attached hydrogens (tertiary/aromatic N) is 1. The number of aromatic nitrogens is 1. The van der Waals surface area contributed by atoms with Crippen LogP contribution in [0.5, 0.6) is 0 Å². The first-order chi connectivity index (χ1) is 9.29. The van der Waals surface area contributed by atoms with Crippen molar-refractivity contribution in [2.75, 3.05) is 13.1 Å². The molecule has 5 heteroatoms. The lowest BCUT2D eigenvalue weighted by molar-refractivity contribution is 0.0193. The molecule has 5 nitrogen and oxygen atoms in total. The molecule has 0 bridgehead atoms. The van der Waals surface area contributed by atoms with Crippen LogP contribution in [0.15, 0.2) is 18.3 Å². The molecular weight excluding hydrogens is 254 g/mol. The smallest absolute Gasteiger partial charge is 0.410 e. The molecule has 1 aromatic heterocycles. The van der Waals surface area contributed by atoms with Gasteiger partial charge in [-0.25, -0.2) is 4.79 Å². The van der Waals surface area contributed by atoms with Gasteiger partial charge in [-0.15, -0.1) is 0 Å². The van der Waals surface area contributed by atoms with E-state index < -0.39 is 5.60 Å². The lowest BCUT2D eigenvalue weighted by atomic mass is 10.2. The Morgan fingerprint density at radius 2 is 2.15 bits per heavy atom. The Morgan fingerprint density at radius 3 is 2.65 bits per heavy atom. The maximum atomic E-state index is 12.1. The van der Waals surface area contributed by atoms with Gasteiger partial charge in [0.25, 0.3) is 0 Å². The summed E-state index contributed by atoms with van der Waals surface area (Å²) in [5, 5.41) is 3.31. The molecule has 1 amide bonds. The highest BCUT2D eigenvalue weighted by molar-refractivity contribution is 5.68. The summed E-state index contributed by atoms with van der Waals surface area (Å²) in [5.74, 6) is 0. The van der Waals surface area contributed by atoms with E-state index in [4.69, 9.17) is 4.74 Å². The van der Waals surface area contributed by atoms with Crippen LogP contribution < -0.4 is 5.32 Å². The van der Waals surface area contributed by atoms with Crippen molar-refractivity contribution in [2.24, 2.45) is 0 Å². The van der Waals surface area contributed by atoms with Gasteiger partial charge >= 0.3 is 6.09 Å². The standard InChI is InChI=1S/C15H27N3O2/c1-12(2)18(14(19)20-15(3,4)5)10-9-16-11-13-7-6-8-17-13/h6-8,12,16-17H,9-11H2,1-5H3. The van der Waals surface area contributed by atoms with Gasteiger partial charge in [-0.1, -0.05) is 0 Å². The van der Waals surface area contributed by atoms with Crippen LogP contribution in [0, 0.1) is 0 Å². The van der Waals surface area contributed by atoms with Crippen molar-refractivity contribution in [3.8, 4) is 0 Å². The van der Waals surface area contributed by atoms with Crippen LogP contribution in [0.1, 0.15) is 40.3 Å². The van der Waals surface area contributed by atoms with Crippen LogP contribution in [0.3, 0.4) is 0 Å². The zero-order valence-corrected chi connectivity index (χ0v) is 13.2. The minimum absolute atomic E-state index is 0.122. The van der Waals surface area contributed by atoms with Gasteiger partial charge in [0.05, 0.1) is 0 Å². The van der Waals surface area contributed by atoms with Crippen molar-refractivity contribution >= 4 is 6.09 Å². The molecule has 0 unspecified atom stereocenters. The first-order valence-electron chi connectivity index (χ1n) is 7.12. The molecule has 114 valence electrons. The molecule has 20 heavy (non-hydrogen) atoms. The molecule has 0 radical (unpaired) electrons. The largest absolute Gasteiger partial charge is 0.444 e. The van der Waals surface area contributed by atoms with E-state index in [0.29, 0.717) is 6.54 Å². The molecule has 0 fully saturated rings. The van der Waals surface area contributed by atoms with Crippen LogP contribution in [0.25, 0.3) is 0 Å². The fourth-order valence-corrected chi connectivity index (χ4v) is 1.78. The number of nitrogens with one attached hydrogen (secondary N) is 2. The molecule has 0 spiro atoms. The molecule has 0 aliphatic heterocycles. The molecule has 0 aromatic carbocycles. The van der Waals surface area contributed by atoms with Crippen LogP contribution in [0.2, 0.25) is 0 Å². The Morgan fingerprint density at radius 1 is 1.45 bits per heavy atom. The first-order valence-corrected chi connectivity index (χ1v) is 7.12. The molecule has 1 rings (SSSR count). The Labute approximate surface area is 121 Å². The average Bonchev–Trinajstić information content (AvgIpc) is 2.78. The van der Waals surface area contributed by atoms with Gasteiger partial charge in [-0.2, -0.15) is 0 Å². The number of amides is 1. The van der Waals surface area contributed by atoms with E-state index in [-0.39, 0.29) is 12.1 Å². The third kappa shape index (κ3) is 6.10. The minimum atomic E-state index is -0.456. The van der Waals surface area contributed by atoms with Crippen molar-refractivity contribution in [1.29, 1.82) is 0 Å². The van der Waals surface area contributed by atoms with Crippen molar-refractivity contribution in [2.45, 2.75) is 52.8 Å². The summed E-state index contributed by atoms with van der Waals surface area (Å²) in [6.45, 7) is 11.8. The summed E-state index contributed by atoms with van der Waals surface area (Å²) in [6.07, 6.45) is 1.65. The number of carbonyl (C=O) groups excluding carboxylic acids is 1. The highest BCUT2D eigenvalue weighted by Gasteiger charge is 2.23. The van der Waals surface area contributed by atoms with Crippen molar-refractivity contribution < 1.29 is 9.53 Å². The van der Waals surface area contributed by atoms with Crippen molar-refractivity contribution in [3.05, 3.63) is 24.0 Å². The topological polar surface area (TPSA) is 57.4 Å². The number of H-pyrrole nitrogens is 1. The van der Waals surface area contributed by atoms with Crippen molar-refractivity contribution in [1.82, 2.24) is 15.2 Å². The monoisotopic (exact) mass is 281 g/mol. The predicted octanol–water partition coefficient (Wildman–Crippen LogP) is 2.75. The molecular formula is C15H27N3O2. The molecule has 0 saturated carbocycles. The zero-order valence-electron chi connectivity index (χ0n) is 13.2. The summed E-state index contributed by atoms with van der Waals surface area (Å²) in [5.41, 5.74) is 0.681. The number of carbonyl (C=O) groups is 1. The third-order valence-corrected chi connectivity index (χ3v) is 2.76. The van der Waals surface area contributed by atoms with E-state index in [1.807, 2.05) is 52.9 Å². The Balaban J connectivity index is 2.37. The second kappa shape index (κ2) is 7.33. The molecule has 1 aromatic rings. The summed E-state index contributed by atoms with van der Waals surface area (Å²) < 4.78 is 5.42. The van der Waals surface area contributed by atoms with Gasteiger partial charge in [-0.05, 0) is 46.8 Å². The predicted molar refractivity (Wildman–Crippen MR) is 80.6 cm³/mol. The summed E-state index contributed by atoms with van der Waals surface area (Å²) in [6, 6.07) is 4.12. The fourth-order valence-electron chi connectivity index (χ4n) is 1.78. The van der Waals surface area contributed by atoms with Gasteiger partial charge in [0.1, 0.15) is 5.60 Å². The minimum Gasteiger partial charge on any atom is -0.444 e. The third-order valence-electron chi connectivity index (χ3n) is 2.76. The van der Waals surface area contributed by atoms with Crippen LogP contribution in [-0.4, -0.2) is 40.7 Å². The summed E-state index contributed by atoms with van der Waals surface area (Å²) in [7, 11) is 0. The molecule has 0 aliphatic rings. The second-order valence-electron chi connectivity index (χ2n) is 6.14. The Kier molecular flexibility index (Phi) is 6.07. The van der Waals surface area contributed by atoms with E-state index >= 15 is 0 Å². The number of hydrogen-bond acceptors (Lipinski definition) is 3. The lowest BCUT2D eigenvalue weighted by Crippen LogP contribution is -2.44. The fraction of sp³-hybridized carbons (Fsp3) is 0.667. The quantitative estimate of drug-likeness (QED) is 0.788. The van der Waals surface area contributed by atoms with Gasteiger partial charge in [0, 0.05) is 37.6 Å². The second-order valence-corrected chi connectivity index (χ2v) is 6.14. The molecule has 0 saturated heterocycles. The van der Waals surface area contributed by atoms with Crippen LogP contribution in [0.4, 0.5) is 4.79 Å². The molecule has 0 atom stereocenters. The SMILES string of the molecule is CC(C)N(CCNCc1ccc[nH]1)C(=O)OC(C)(C)C. The average molecular weight is 281 g/mol. The van der Waals surface area contributed by atoms with E-state index in [0.717, 1.165) is 18.8 Å². The van der Waals surface area contributed by atoms with Crippen LogP contribution in [-0.2, 0) is 11.3 Å². The van der Waals surface area contributed by atoms with Gasteiger partial charge in [0.2, 0.25) is 0 Å². The molecule has 2 N–H and O–H groups in total. The van der Waals surface area contributed by atoms with E-state index in [1.54, 1.807) is 4.90 Å². The summed E-state index contributed by atoms with van der Waals surface area (Å²) >= 11 is 0. The van der Waals surface area contributed by atoms with Gasteiger partial charge < -0.3 is 19.9 Å². The lowest BCUT2D eigenvalue weighted by Gasteiger charge is -2.30. The first kappa shape index (κ1) is 16.6. The maximum Gasteiger partial charge on any atom is 0.410 e. The number of hydrogen-bond donors (Lipinski definition) is 2. The van der Waals surface area contributed by atoms with Gasteiger partial charge in [0.15, 0.2) is 0 Å².